The van der Waals surface area contributed by atoms with E-state index < -0.39 is 0 Å². The highest BCUT2D eigenvalue weighted by molar-refractivity contribution is 5.25. The Morgan fingerprint density at radius 3 is 2.48 bits per heavy atom. The van der Waals surface area contributed by atoms with Crippen LogP contribution in [0.5, 0.6) is 0 Å². The van der Waals surface area contributed by atoms with Crippen LogP contribution in [0.3, 0.4) is 0 Å². The fraction of sp³-hybridized carbons (Fsp3) is 0.931. The average Bonchev–Trinajstić information content (AvgIpc) is 2.90. The van der Waals surface area contributed by atoms with Crippen molar-refractivity contribution in [1.29, 1.82) is 0 Å². The van der Waals surface area contributed by atoms with Crippen molar-refractivity contribution in [2.75, 3.05) is 0 Å². The number of hydrogen-bond acceptors (Lipinski definition) is 0. The summed E-state index contributed by atoms with van der Waals surface area (Å²) < 4.78 is 0. The predicted octanol–water partition coefficient (Wildman–Crippen LogP) is 9.05. The Bertz CT molecular complexity index is 599. The van der Waals surface area contributed by atoms with Crippen molar-refractivity contribution in [2.45, 2.75) is 119 Å². The molecule has 0 aromatic rings. The number of hydrogen-bond donors (Lipinski definition) is 0. The zero-order chi connectivity index (χ0) is 20.8. The third kappa shape index (κ3) is 3.78. The van der Waals surface area contributed by atoms with E-state index in [0.29, 0.717) is 10.8 Å². The monoisotopic (exact) mass is 398 g/mol. The van der Waals surface area contributed by atoms with Crippen LogP contribution in [0.1, 0.15) is 119 Å². The summed E-state index contributed by atoms with van der Waals surface area (Å²) in [6.45, 7) is 15.4. The van der Waals surface area contributed by atoms with Crippen molar-refractivity contribution in [2.24, 2.45) is 52.3 Å². The first-order valence-corrected chi connectivity index (χ1v) is 13.5. The maximum Gasteiger partial charge on any atom is -0.00851 e. The van der Waals surface area contributed by atoms with Gasteiger partial charge in [0.05, 0.1) is 0 Å². The van der Waals surface area contributed by atoms with Crippen molar-refractivity contribution in [3.63, 3.8) is 0 Å². The van der Waals surface area contributed by atoms with E-state index in [1.807, 2.05) is 5.57 Å². The summed E-state index contributed by atoms with van der Waals surface area (Å²) in [5, 5.41) is 0. The Hall–Kier alpha value is -0.260. The van der Waals surface area contributed by atoms with Crippen LogP contribution >= 0.6 is 0 Å². The highest BCUT2D eigenvalue weighted by Crippen LogP contribution is 2.66. The highest BCUT2D eigenvalue weighted by atomic mass is 14.6. The molecule has 4 rings (SSSR count). The van der Waals surface area contributed by atoms with Gasteiger partial charge in [-0.2, -0.15) is 0 Å². The van der Waals surface area contributed by atoms with E-state index in [-0.39, 0.29) is 0 Å². The van der Waals surface area contributed by atoms with Crippen LogP contribution in [0.2, 0.25) is 0 Å². The summed E-state index contributed by atoms with van der Waals surface area (Å²) in [7, 11) is 0. The maximum atomic E-state index is 2.80. The molecule has 4 aliphatic rings. The van der Waals surface area contributed by atoms with Gasteiger partial charge in [0.1, 0.15) is 0 Å². The van der Waals surface area contributed by atoms with Gasteiger partial charge in [-0.15, -0.1) is 0 Å². The minimum Gasteiger partial charge on any atom is -0.0816 e. The second-order valence-electron chi connectivity index (χ2n) is 12.8. The van der Waals surface area contributed by atoms with Gasteiger partial charge < -0.3 is 0 Å². The molecule has 0 heterocycles. The molecule has 0 bridgehead atoms. The topological polar surface area (TPSA) is 0 Å². The van der Waals surface area contributed by atoms with Crippen LogP contribution in [0.25, 0.3) is 0 Å². The zero-order valence-corrected chi connectivity index (χ0v) is 20.6. The van der Waals surface area contributed by atoms with Crippen molar-refractivity contribution >= 4 is 0 Å². The highest BCUT2D eigenvalue weighted by Gasteiger charge is 2.58. The molecule has 5 unspecified atom stereocenters. The molecule has 0 radical (unpaired) electrons. The quantitative estimate of drug-likeness (QED) is 0.405. The largest absolute Gasteiger partial charge is 0.0816 e. The van der Waals surface area contributed by atoms with E-state index in [1.54, 1.807) is 0 Å². The molecule has 0 N–H and O–H groups in total. The SMILES string of the molecule is CC(C)CCC[C@@H](C)C1CCC2C3C(C)C=C4CCCC[C@]4(C)C3CCC[C@@]21C. The van der Waals surface area contributed by atoms with Crippen LogP contribution in [0.4, 0.5) is 0 Å². The molecule has 0 aliphatic heterocycles. The summed E-state index contributed by atoms with van der Waals surface area (Å²) in [5.41, 5.74) is 3.03. The second kappa shape index (κ2) is 8.35. The van der Waals surface area contributed by atoms with Gasteiger partial charge in [-0.1, -0.05) is 85.3 Å². The molecular formula is C29H50. The predicted molar refractivity (Wildman–Crippen MR) is 127 cm³/mol. The van der Waals surface area contributed by atoms with Gasteiger partial charge in [-0.3, -0.25) is 0 Å². The Morgan fingerprint density at radius 2 is 1.72 bits per heavy atom. The summed E-state index contributed by atoms with van der Waals surface area (Å²) in [4.78, 5) is 0. The molecule has 3 saturated carbocycles. The van der Waals surface area contributed by atoms with Crippen LogP contribution < -0.4 is 0 Å². The lowest BCUT2D eigenvalue weighted by atomic mass is 9.50. The third-order valence-electron chi connectivity index (χ3n) is 10.8. The first kappa shape index (κ1) is 22.0. The molecule has 0 nitrogen and oxygen atoms in total. The lowest BCUT2D eigenvalue weighted by Gasteiger charge is -2.54. The van der Waals surface area contributed by atoms with Crippen molar-refractivity contribution in [3.8, 4) is 0 Å². The first-order chi connectivity index (χ1) is 13.8. The minimum absolute atomic E-state index is 0.543. The third-order valence-corrected chi connectivity index (χ3v) is 10.8. The van der Waals surface area contributed by atoms with Gasteiger partial charge in [0, 0.05) is 0 Å². The van der Waals surface area contributed by atoms with Crippen molar-refractivity contribution in [3.05, 3.63) is 11.6 Å². The molecule has 166 valence electrons. The Kier molecular flexibility index (Phi) is 6.32. The smallest absolute Gasteiger partial charge is 0.00851 e. The van der Waals surface area contributed by atoms with Gasteiger partial charge in [-0.05, 0) is 97.2 Å². The maximum absolute atomic E-state index is 2.80. The van der Waals surface area contributed by atoms with E-state index in [9.17, 15) is 0 Å². The van der Waals surface area contributed by atoms with E-state index in [2.05, 4.69) is 47.6 Å². The van der Waals surface area contributed by atoms with E-state index in [0.717, 1.165) is 41.4 Å². The average molecular weight is 399 g/mol. The normalized spacial score (nSPS) is 45.8. The Morgan fingerprint density at radius 1 is 0.931 bits per heavy atom. The van der Waals surface area contributed by atoms with Gasteiger partial charge in [0.2, 0.25) is 0 Å². The van der Waals surface area contributed by atoms with Gasteiger partial charge in [0.25, 0.3) is 0 Å². The van der Waals surface area contributed by atoms with Crippen molar-refractivity contribution in [1.82, 2.24) is 0 Å². The molecule has 0 spiro atoms. The zero-order valence-electron chi connectivity index (χ0n) is 20.6. The molecule has 3 fully saturated rings. The number of allylic oxidation sites excluding steroid dienone is 2. The lowest BCUT2D eigenvalue weighted by molar-refractivity contribution is 0.00375. The first-order valence-electron chi connectivity index (χ1n) is 13.5. The fourth-order valence-electron chi connectivity index (χ4n) is 9.31. The second-order valence-corrected chi connectivity index (χ2v) is 12.8. The molecular weight excluding hydrogens is 348 g/mol. The van der Waals surface area contributed by atoms with Gasteiger partial charge in [0.15, 0.2) is 0 Å². The van der Waals surface area contributed by atoms with Crippen LogP contribution in [-0.2, 0) is 0 Å². The lowest BCUT2D eigenvalue weighted by Crippen LogP contribution is -2.46. The summed E-state index contributed by atoms with van der Waals surface area (Å²) in [5.74, 6) is 6.51. The van der Waals surface area contributed by atoms with Crippen LogP contribution in [0.15, 0.2) is 11.6 Å². The van der Waals surface area contributed by atoms with E-state index >= 15 is 0 Å². The van der Waals surface area contributed by atoms with Gasteiger partial charge >= 0.3 is 0 Å². The number of fused-ring (bicyclic) bond motifs is 5. The van der Waals surface area contributed by atoms with Crippen LogP contribution in [0, 0.1) is 52.3 Å². The van der Waals surface area contributed by atoms with Crippen LogP contribution in [-0.4, -0.2) is 0 Å². The summed E-state index contributed by atoms with van der Waals surface area (Å²) >= 11 is 0. The molecule has 0 heteroatoms. The summed E-state index contributed by atoms with van der Waals surface area (Å²) in [6.07, 6.45) is 20.5. The molecule has 0 amide bonds. The minimum atomic E-state index is 0.543. The van der Waals surface area contributed by atoms with Crippen molar-refractivity contribution < 1.29 is 0 Å². The molecule has 4 aliphatic carbocycles. The fourth-order valence-corrected chi connectivity index (χ4v) is 9.31. The molecule has 0 saturated heterocycles. The Balaban J connectivity index is 1.57. The molecule has 0 aromatic heterocycles. The standard InChI is InChI=1S/C29H50/c1-20(2)11-9-12-21(3)24-15-16-26-27-22(4)19-23-13-7-8-17-28(23,5)25(27)14-10-18-29(24,26)6/h19-22,24-27H,7-18H2,1-6H3/t21-,22?,24?,25?,26?,27?,28+,29-/m1/s1. The molecule has 8 atom stereocenters. The van der Waals surface area contributed by atoms with Gasteiger partial charge in [-0.25, -0.2) is 0 Å². The molecule has 0 aromatic carbocycles. The summed E-state index contributed by atoms with van der Waals surface area (Å²) in [6, 6.07) is 0. The molecule has 29 heavy (non-hydrogen) atoms. The Labute approximate surface area is 182 Å². The van der Waals surface area contributed by atoms with E-state index in [4.69, 9.17) is 0 Å². The van der Waals surface area contributed by atoms with E-state index in [1.165, 1.54) is 77.0 Å². The number of rotatable bonds is 5.